The Morgan fingerprint density at radius 3 is 2.62 bits per heavy atom. The van der Waals surface area contributed by atoms with Gasteiger partial charge in [0.05, 0.1) is 6.54 Å². The number of aliphatic carboxylic acids is 1. The Bertz CT molecular complexity index is 214. The minimum absolute atomic E-state index is 0.165. The lowest BCUT2D eigenvalue weighted by atomic mass is 10.1. The number of hydrogen-bond donors (Lipinski definition) is 1. The highest BCUT2D eigenvalue weighted by Gasteiger charge is 2.25. The zero-order valence-electron chi connectivity index (χ0n) is 10.3. The van der Waals surface area contributed by atoms with Gasteiger partial charge >= 0.3 is 5.97 Å². The standard InChI is InChI=1S/C12H23NO3/c1-10(9-16-2)7-13(8-12(14)15)11-5-3-4-6-11/h10-11H,3-9H2,1-2H3,(H,14,15). The first-order chi connectivity index (χ1) is 7.63. The Labute approximate surface area is 97.6 Å². The van der Waals surface area contributed by atoms with Crippen molar-refractivity contribution in [3.63, 3.8) is 0 Å². The number of carbonyl (C=O) groups is 1. The normalized spacial score (nSPS) is 19.2. The second kappa shape index (κ2) is 6.86. The van der Waals surface area contributed by atoms with Gasteiger partial charge in [-0.25, -0.2) is 0 Å². The first-order valence-corrected chi connectivity index (χ1v) is 6.08. The second-order valence-corrected chi connectivity index (χ2v) is 4.82. The van der Waals surface area contributed by atoms with Crippen molar-refractivity contribution in [1.82, 2.24) is 4.90 Å². The fourth-order valence-corrected chi connectivity index (χ4v) is 2.52. The molecule has 4 heteroatoms. The Morgan fingerprint density at radius 1 is 1.50 bits per heavy atom. The molecule has 0 amide bonds. The van der Waals surface area contributed by atoms with E-state index >= 15 is 0 Å². The molecule has 1 aliphatic carbocycles. The Morgan fingerprint density at radius 2 is 2.12 bits per heavy atom. The molecule has 0 aliphatic heterocycles. The SMILES string of the molecule is COCC(C)CN(CC(=O)O)C1CCCC1. The van der Waals surface area contributed by atoms with E-state index in [1.165, 1.54) is 12.8 Å². The predicted octanol–water partition coefficient (Wildman–Crippen LogP) is 1.60. The molecule has 0 heterocycles. The summed E-state index contributed by atoms with van der Waals surface area (Å²) in [5.41, 5.74) is 0. The summed E-state index contributed by atoms with van der Waals surface area (Å²) < 4.78 is 5.10. The van der Waals surface area contributed by atoms with Crippen LogP contribution in [-0.4, -0.2) is 48.8 Å². The lowest BCUT2D eigenvalue weighted by Gasteiger charge is -2.29. The topological polar surface area (TPSA) is 49.8 Å². The molecule has 1 atom stereocenters. The Hall–Kier alpha value is -0.610. The highest BCUT2D eigenvalue weighted by molar-refractivity contribution is 5.69. The van der Waals surface area contributed by atoms with Gasteiger partial charge in [0.15, 0.2) is 0 Å². The van der Waals surface area contributed by atoms with Crippen LogP contribution in [0.3, 0.4) is 0 Å². The molecular formula is C12H23NO3. The molecule has 1 saturated carbocycles. The molecule has 4 nitrogen and oxygen atoms in total. The summed E-state index contributed by atoms with van der Waals surface area (Å²) in [6, 6.07) is 0.468. The molecular weight excluding hydrogens is 206 g/mol. The summed E-state index contributed by atoms with van der Waals surface area (Å²) in [5.74, 6) is -0.332. The summed E-state index contributed by atoms with van der Waals surface area (Å²) in [6.07, 6.45) is 4.76. The zero-order valence-corrected chi connectivity index (χ0v) is 10.3. The van der Waals surface area contributed by atoms with Crippen molar-refractivity contribution in [3.8, 4) is 0 Å². The van der Waals surface area contributed by atoms with Gasteiger partial charge < -0.3 is 9.84 Å². The van der Waals surface area contributed by atoms with Crippen molar-refractivity contribution < 1.29 is 14.6 Å². The van der Waals surface area contributed by atoms with E-state index in [9.17, 15) is 4.79 Å². The van der Waals surface area contributed by atoms with Gasteiger partial charge in [0.2, 0.25) is 0 Å². The number of carboxylic acids is 1. The van der Waals surface area contributed by atoms with Gasteiger partial charge in [-0.1, -0.05) is 19.8 Å². The maximum absolute atomic E-state index is 10.8. The fraction of sp³-hybridized carbons (Fsp3) is 0.917. The summed E-state index contributed by atoms with van der Waals surface area (Å²) in [5, 5.41) is 8.91. The van der Waals surface area contributed by atoms with Crippen molar-refractivity contribution in [1.29, 1.82) is 0 Å². The van der Waals surface area contributed by atoms with Gasteiger partial charge in [0, 0.05) is 26.3 Å². The lowest BCUT2D eigenvalue weighted by Crippen LogP contribution is -2.41. The molecule has 0 radical (unpaired) electrons. The molecule has 1 fully saturated rings. The van der Waals surface area contributed by atoms with Crippen LogP contribution < -0.4 is 0 Å². The van der Waals surface area contributed by atoms with E-state index in [1.54, 1.807) is 7.11 Å². The van der Waals surface area contributed by atoms with Gasteiger partial charge in [-0.05, 0) is 18.8 Å². The van der Waals surface area contributed by atoms with Gasteiger partial charge in [0.1, 0.15) is 0 Å². The third-order valence-corrected chi connectivity index (χ3v) is 3.18. The first kappa shape index (κ1) is 13.5. The van der Waals surface area contributed by atoms with E-state index < -0.39 is 5.97 Å². The Kier molecular flexibility index (Phi) is 5.77. The van der Waals surface area contributed by atoms with Gasteiger partial charge in [-0.2, -0.15) is 0 Å². The van der Waals surface area contributed by atoms with Gasteiger partial charge in [0.25, 0.3) is 0 Å². The molecule has 1 aliphatic rings. The number of nitrogens with zero attached hydrogens (tertiary/aromatic N) is 1. The van der Waals surface area contributed by atoms with Crippen LogP contribution in [0.1, 0.15) is 32.6 Å². The average Bonchev–Trinajstić information content (AvgIpc) is 2.68. The summed E-state index contributed by atoms with van der Waals surface area (Å²) in [6.45, 7) is 3.79. The molecule has 0 saturated heterocycles. The van der Waals surface area contributed by atoms with Crippen LogP contribution >= 0.6 is 0 Å². The van der Waals surface area contributed by atoms with E-state index in [2.05, 4.69) is 11.8 Å². The monoisotopic (exact) mass is 229 g/mol. The smallest absolute Gasteiger partial charge is 0.317 e. The third kappa shape index (κ3) is 4.49. The lowest BCUT2D eigenvalue weighted by molar-refractivity contribution is -0.139. The minimum Gasteiger partial charge on any atom is -0.480 e. The van der Waals surface area contributed by atoms with E-state index in [-0.39, 0.29) is 6.54 Å². The summed E-state index contributed by atoms with van der Waals surface area (Å²) in [4.78, 5) is 12.9. The molecule has 1 rings (SSSR count). The second-order valence-electron chi connectivity index (χ2n) is 4.82. The van der Waals surface area contributed by atoms with E-state index in [0.717, 1.165) is 19.4 Å². The van der Waals surface area contributed by atoms with Crippen LogP contribution in [0.15, 0.2) is 0 Å². The van der Waals surface area contributed by atoms with Gasteiger partial charge in [-0.3, -0.25) is 9.69 Å². The van der Waals surface area contributed by atoms with E-state index in [1.807, 2.05) is 0 Å². The number of ether oxygens (including phenoxy) is 1. The van der Waals surface area contributed by atoms with Crippen molar-refractivity contribution in [3.05, 3.63) is 0 Å². The molecule has 0 bridgehead atoms. The fourth-order valence-electron chi connectivity index (χ4n) is 2.52. The average molecular weight is 229 g/mol. The zero-order chi connectivity index (χ0) is 12.0. The van der Waals surface area contributed by atoms with E-state index in [0.29, 0.717) is 18.6 Å². The van der Waals surface area contributed by atoms with Crippen LogP contribution in [0.25, 0.3) is 0 Å². The van der Waals surface area contributed by atoms with Crippen LogP contribution in [0.2, 0.25) is 0 Å². The third-order valence-electron chi connectivity index (χ3n) is 3.18. The molecule has 0 aromatic heterocycles. The van der Waals surface area contributed by atoms with Crippen molar-refractivity contribution >= 4 is 5.97 Å². The predicted molar refractivity (Wildman–Crippen MR) is 62.5 cm³/mol. The summed E-state index contributed by atoms with van der Waals surface area (Å²) in [7, 11) is 1.69. The highest BCUT2D eigenvalue weighted by atomic mass is 16.5. The largest absolute Gasteiger partial charge is 0.480 e. The molecule has 0 aromatic rings. The highest BCUT2D eigenvalue weighted by Crippen LogP contribution is 2.24. The maximum atomic E-state index is 10.8. The number of carboxylic acid groups (broad SMARTS) is 1. The number of rotatable bonds is 7. The van der Waals surface area contributed by atoms with Crippen LogP contribution in [0.5, 0.6) is 0 Å². The Balaban J connectivity index is 2.45. The number of methoxy groups -OCH3 is 1. The molecule has 94 valence electrons. The molecule has 16 heavy (non-hydrogen) atoms. The van der Waals surface area contributed by atoms with Crippen LogP contribution in [0, 0.1) is 5.92 Å². The minimum atomic E-state index is -0.725. The quantitative estimate of drug-likeness (QED) is 0.720. The first-order valence-electron chi connectivity index (χ1n) is 6.08. The van der Waals surface area contributed by atoms with Crippen LogP contribution in [0.4, 0.5) is 0 Å². The maximum Gasteiger partial charge on any atom is 0.317 e. The van der Waals surface area contributed by atoms with Crippen molar-refractivity contribution in [2.75, 3.05) is 26.8 Å². The molecule has 0 aromatic carbocycles. The van der Waals surface area contributed by atoms with Crippen molar-refractivity contribution in [2.24, 2.45) is 5.92 Å². The summed E-state index contributed by atoms with van der Waals surface area (Å²) >= 11 is 0. The van der Waals surface area contributed by atoms with Gasteiger partial charge in [-0.15, -0.1) is 0 Å². The molecule has 1 N–H and O–H groups in total. The van der Waals surface area contributed by atoms with Crippen LogP contribution in [-0.2, 0) is 9.53 Å². The molecule has 1 unspecified atom stereocenters. The van der Waals surface area contributed by atoms with Crippen molar-refractivity contribution in [2.45, 2.75) is 38.6 Å². The van der Waals surface area contributed by atoms with E-state index in [4.69, 9.17) is 9.84 Å². The molecule has 0 spiro atoms. The number of hydrogen-bond acceptors (Lipinski definition) is 3.